The van der Waals surface area contributed by atoms with Crippen molar-refractivity contribution in [2.75, 3.05) is 14.2 Å². The van der Waals surface area contributed by atoms with Gasteiger partial charge in [-0.25, -0.2) is 14.4 Å². The zero-order valence-electron chi connectivity index (χ0n) is 30.8. The largest absolute Gasteiger partial charge is 0.507 e. The molecular weight excluding hydrogens is 756 g/mol. The zero-order valence-corrected chi connectivity index (χ0v) is 32.4. The van der Waals surface area contributed by atoms with Crippen molar-refractivity contribution in [2.24, 2.45) is 5.92 Å². The lowest BCUT2D eigenvalue weighted by Crippen LogP contribution is -2.25. The molecule has 0 heterocycles. The van der Waals surface area contributed by atoms with Crippen molar-refractivity contribution < 1.29 is 63.0 Å². The SMILES string of the molecule is COC1=CC(=O)C=CC1C(=O)Oc1c(C)c(C)c(C(=O)Oc2cc(C)c(C(=O)Oc3c(C)c(OC)c(C(=O)O)c(C)c3C(C)C)c(O)c2C)c(O)c1Br. The molecule has 0 radical (unpaired) electrons. The summed E-state index contributed by atoms with van der Waals surface area (Å²) < 4.78 is 27.5. The number of hydrogen-bond donors (Lipinski definition) is 3. The third-order valence-corrected chi connectivity index (χ3v) is 9.83. The van der Waals surface area contributed by atoms with Gasteiger partial charge in [0, 0.05) is 22.8 Å². The Balaban J connectivity index is 1.67. The van der Waals surface area contributed by atoms with Crippen molar-refractivity contribution in [1.82, 2.24) is 0 Å². The summed E-state index contributed by atoms with van der Waals surface area (Å²) in [5.74, 6) is -6.73. The van der Waals surface area contributed by atoms with Gasteiger partial charge in [-0.05, 0) is 97.8 Å². The molecule has 0 saturated carbocycles. The number of carbonyl (C=O) groups excluding carboxylic acids is 4. The smallest absolute Gasteiger partial charge is 0.347 e. The van der Waals surface area contributed by atoms with Crippen molar-refractivity contribution in [3.8, 4) is 34.5 Å². The van der Waals surface area contributed by atoms with Gasteiger partial charge in [-0.1, -0.05) is 19.9 Å². The van der Waals surface area contributed by atoms with Crippen molar-refractivity contribution in [2.45, 2.75) is 61.3 Å². The van der Waals surface area contributed by atoms with Gasteiger partial charge in [0.05, 0.1) is 14.2 Å². The maximum atomic E-state index is 13.7. The molecule has 4 rings (SSSR count). The number of halogens is 1. The number of aromatic carboxylic acids is 1. The van der Waals surface area contributed by atoms with E-state index < -0.39 is 41.3 Å². The van der Waals surface area contributed by atoms with Crippen molar-refractivity contribution in [1.29, 1.82) is 0 Å². The molecule has 3 aromatic rings. The average Bonchev–Trinajstić information content (AvgIpc) is 3.08. The topological polar surface area (TPSA) is 192 Å². The molecule has 1 unspecified atom stereocenters. The highest BCUT2D eigenvalue weighted by Gasteiger charge is 2.33. The molecule has 3 N–H and O–H groups in total. The number of carbonyl (C=O) groups is 5. The first-order valence-electron chi connectivity index (χ1n) is 16.2. The first kappa shape index (κ1) is 40.1. The van der Waals surface area contributed by atoms with Crippen LogP contribution < -0.4 is 18.9 Å². The van der Waals surface area contributed by atoms with Crippen molar-refractivity contribution >= 4 is 45.6 Å². The summed E-state index contributed by atoms with van der Waals surface area (Å²) in [4.78, 5) is 64.2. The van der Waals surface area contributed by atoms with Crippen LogP contribution in [0.3, 0.4) is 0 Å². The Morgan fingerprint density at radius 1 is 0.736 bits per heavy atom. The number of methoxy groups -OCH3 is 2. The first-order chi connectivity index (χ1) is 24.8. The molecule has 0 spiro atoms. The lowest BCUT2D eigenvalue weighted by molar-refractivity contribution is -0.137. The number of carboxylic acid groups (broad SMARTS) is 1. The second kappa shape index (κ2) is 15.5. The molecule has 0 bridgehead atoms. The molecule has 280 valence electrons. The molecule has 1 aliphatic carbocycles. The van der Waals surface area contributed by atoms with Crippen LogP contribution in [0.25, 0.3) is 0 Å². The van der Waals surface area contributed by atoms with Crippen molar-refractivity contribution in [3.63, 3.8) is 0 Å². The minimum Gasteiger partial charge on any atom is -0.507 e. The normalized spacial score (nSPS) is 13.8. The van der Waals surface area contributed by atoms with Crippen LogP contribution in [0.15, 0.2) is 34.5 Å². The Hall–Kier alpha value is -5.63. The fraction of sp³-hybridized carbons (Fsp3) is 0.308. The van der Waals surface area contributed by atoms with E-state index in [1.807, 2.05) is 13.8 Å². The predicted octanol–water partition coefficient (Wildman–Crippen LogP) is 7.17. The Kier molecular flexibility index (Phi) is 11.8. The number of phenolic OH excluding ortho intramolecular Hbond substituents is 2. The van der Waals surface area contributed by atoms with Crippen LogP contribution in [0.4, 0.5) is 0 Å². The molecule has 3 aromatic carbocycles. The van der Waals surface area contributed by atoms with E-state index in [4.69, 9.17) is 23.7 Å². The summed E-state index contributed by atoms with van der Waals surface area (Å²) in [6.07, 6.45) is 3.70. The van der Waals surface area contributed by atoms with E-state index >= 15 is 0 Å². The van der Waals surface area contributed by atoms with Gasteiger partial charge in [0.25, 0.3) is 0 Å². The number of rotatable bonds is 10. The number of ether oxygens (including phenoxy) is 5. The number of phenols is 2. The molecular formula is C39H39BrO13. The minimum atomic E-state index is -1.20. The standard InChI is InChI=1S/C39H39BrO13/c1-15(2)26-20(7)29(36(44)45)33(50-10)21(8)34(26)52-38(47)27-16(3)13-24(19(6)31(27)42)51-39(48)28-17(4)18(5)35(30(40)32(28)43)53-37(46)23-12-11-22(41)14-25(23)49-9/h11-15,23,42-43H,1-10H3,(H,44,45). The van der Waals surface area contributed by atoms with Gasteiger partial charge in [0.1, 0.15) is 61.6 Å². The second-order valence-corrected chi connectivity index (χ2v) is 13.5. The molecule has 0 aromatic heterocycles. The summed E-state index contributed by atoms with van der Waals surface area (Å²) in [7, 11) is 2.62. The Labute approximate surface area is 313 Å². The molecule has 0 fully saturated rings. The third-order valence-electron chi connectivity index (χ3n) is 9.09. The Bertz CT molecular complexity index is 2130. The fourth-order valence-corrected chi connectivity index (χ4v) is 6.81. The van der Waals surface area contributed by atoms with Gasteiger partial charge in [-0.3, -0.25) is 9.59 Å². The van der Waals surface area contributed by atoms with Crippen LogP contribution in [0.5, 0.6) is 34.5 Å². The van der Waals surface area contributed by atoms with E-state index in [-0.39, 0.29) is 83.9 Å². The number of aryl methyl sites for hydroxylation is 1. The lowest BCUT2D eigenvalue weighted by atomic mass is 9.89. The monoisotopic (exact) mass is 794 g/mol. The number of benzene rings is 3. The fourth-order valence-electron chi connectivity index (χ4n) is 6.23. The zero-order chi connectivity index (χ0) is 39.8. The maximum absolute atomic E-state index is 13.7. The number of allylic oxidation sites excluding steroid dienone is 2. The minimum absolute atomic E-state index is 0.00573. The second-order valence-electron chi connectivity index (χ2n) is 12.7. The van der Waals surface area contributed by atoms with Gasteiger partial charge < -0.3 is 39.0 Å². The number of carboxylic acids is 1. The van der Waals surface area contributed by atoms with Crippen LogP contribution in [-0.4, -0.2) is 59.2 Å². The molecule has 0 aliphatic heterocycles. The van der Waals surface area contributed by atoms with E-state index in [0.29, 0.717) is 16.7 Å². The third kappa shape index (κ3) is 7.36. The van der Waals surface area contributed by atoms with Crippen LogP contribution in [0, 0.1) is 47.5 Å². The van der Waals surface area contributed by atoms with Crippen LogP contribution in [0.2, 0.25) is 0 Å². The molecule has 14 heteroatoms. The predicted molar refractivity (Wildman–Crippen MR) is 195 cm³/mol. The Morgan fingerprint density at radius 3 is 1.92 bits per heavy atom. The van der Waals surface area contributed by atoms with Gasteiger partial charge in [0.2, 0.25) is 0 Å². The number of esters is 3. The number of ketones is 1. The van der Waals surface area contributed by atoms with Crippen LogP contribution >= 0.6 is 15.9 Å². The van der Waals surface area contributed by atoms with E-state index in [1.54, 1.807) is 20.8 Å². The van der Waals surface area contributed by atoms with Gasteiger partial charge in [-0.15, -0.1) is 0 Å². The summed E-state index contributed by atoms with van der Waals surface area (Å²) in [6.45, 7) is 12.8. The lowest BCUT2D eigenvalue weighted by Gasteiger charge is -2.23. The van der Waals surface area contributed by atoms with E-state index in [0.717, 1.165) is 6.08 Å². The van der Waals surface area contributed by atoms with Crippen molar-refractivity contribution in [3.05, 3.63) is 90.2 Å². The molecule has 0 saturated heterocycles. The van der Waals surface area contributed by atoms with Gasteiger partial charge in [0.15, 0.2) is 11.5 Å². The molecule has 13 nitrogen and oxygen atoms in total. The summed E-state index contributed by atoms with van der Waals surface area (Å²) in [5.41, 5.74) is 1.29. The number of aromatic hydroxyl groups is 2. The Morgan fingerprint density at radius 2 is 1.36 bits per heavy atom. The highest BCUT2D eigenvalue weighted by molar-refractivity contribution is 9.10. The maximum Gasteiger partial charge on any atom is 0.347 e. The highest BCUT2D eigenvalue weighted by Crippen LogP contribution is 2.45. The summed E-state index contributed by atoms with van der Waals surface area (Å²) in [5, 5.41) is 32.3. The number of hydrogen-bond acceptors (Lipinski definition) is 12. The molecule has 1 atom stereocenters. The summed E-state index contributed by atoms with van der Waals surface area (Å²) in [6, 6.07) is 1.35. The van der Waals surface area contributed by atoms with E-state index in [2.05, 4.69) is 15.9 Å². The first-order valence-corrected chi connectivity index (χ1v) is 17.0. The van der Waals surface area contributed by atoms with Crippen LogP contribution in [-0.2, 0) is 14.3 Å². The van der Waals surface area contributed by atoms with E-state index in [1.165, 1.54) is 53.2 Å². The van der Waals surface area contributed by atoms with Crippen LogP contribution in [0.1, 0.15) is 89.8 Å². The molecule has 0 amide bonds. The van der Waals surface area contributed by atoms with Gasteiger partial charge in [-0.2, -0.15) is 0 Å². The van der Waals surface area contributed by atoms with Gasteiger partial charge >= 0.3 is 23.9 Å². The molecule has 1 aliphatic rings. The van der Waals surface area contributed by atoms with E-state index in [9.17, 15) is 39.3 Å². The summed E-state index contributed by atoms with van der Waals surface area (Å²) >= 11 is 3.22. The average molecular weight is 796 g/mol. The highest BCUT2D eigenvalue weighted by atomic mass is 79.9. The quantitative estimate of drug-likeness (QED) is 0.138. The molecule has 53 heavy (non-hydrogen) atoms.